The summed E-state index contributed by atoms with van der Waals surface area (Å²) >= 11 is 1.72. The third-order valence-corrected chi connectivity index (χ3v) is 4.67. The van der Waals surface area contributed by atoms with Crippen LogP contribution in [0.1, 0.15) is 22.7 Å². The van der Waals surface area contributed by atoms with Gasteiger partial charge in [-0.1, -0.05) is 6.07 Å². The Kier molecular flexibility index (Phi) is 5.53. The van der Waals surface area contributed by atoms with Crippen molar-refractivity contribution in [1.82, 2.24) is 15.6 Å². The second kappa shape index (κ2) is 8.01. The number of aryl methyl sites for hydroxylation is 2. The van der Waals surface area contributed by atoms with Crippen molar-refractivity contribution in [3.8, 4) is 11.5 Å². The predicted octanol–water partition coefficient (Wildman–Crippen LogP) is 2.48. The lowest BCUT2D eigenvalue weighted by Gasteiger charge is -2.12. The number of guanidine groups is 1. The third kappa shape index (κ3) is 4.38. The van der Waals surface area contributed by atoms with Gasteiger partial charge in [-0.15, -0.1) is 11.3 Å². The molecule has 6 nitrogen and oxygen atoms in total. The van der Waals surface area contributed by atoms with Gasteiger partial charge in [0.1, 0.15) is 0 Å². The second-order valence-corrected chi connectivity index (χ2v) is 6.47. The zero-order chi connectivity index (χ0) is 16.8. The van der Waals surface area contributed by atoms with E-state index in [0.717, 1.165) is 48.1 Å². The monoisotopic (exact) mass is 346 g/mol. The minimum Gasteiger partial charge on any atom is -0.454 e. The van der Waals surface area contributed by atoms with Gasteiger partial charge in [0.2, 0.25) is 6.79 Å². The lowest BCUT2D eigenvalue weighted by Crippen LogP contribution is -2.37. The maximum atomic E-state index is 5.39. The van der Waals surface area contributed by atoms with Crippen molar-refractivity contribution in [2.45, 2.75) is 26.3 Å². The van der Waals surface area contributed by atoms with Gasteiger partial charge in [0.25, 0.3) is 0 Å². The van der Waals surface area contributed by atoms with Gasteiger partial charge >= 0.3 is 0 Å². The SMILES string of the molecule is CN=C(NCCCc1nc(C)cs1)NCc1ccc2c(c1)OCO2. The molecule has 2 heterocycles. The Hall–Kier alpha value is -2.28. The van der Waals surface area contributed by atoms with E-state index in [-0.39, 0.29) is 0 Å². The fourth-order valence-electron chi connectivity index (χ4n) is 2.42. The highest BCUT2D eigenvalue weighted by molar-refractivity contribution is 7.09. The summed E-state index contributed by atoms with van der Waals surface area (Å²) < 4.78 is 10.7. The first-order valence-corrected chi connectivity index (χ1v) is 8.86. The number of thiazole rings is 1. The summed E-state index contributed by atoms with van der Waals surface area (Å²) in [4.78, 5) is 8.72. The summed E-state index contributed by atoms with van der Waals surface area (Å²) in [7, 11) is 1.78. The lowest BCUT2D eigenvalue weighted by atomic mass is 10.2. The molecule has 2 aromatic rings. The van der Waals surface area contributed by atoms with Crippen LogP contribution in [0.15, 0.2) is 28.6 Å². The van der Waals surface area contributed by atoms with Crippen LogP contribution >= 0.6 is 11.3 Å². The Morgan fingerprint density at radius 1 is 1.29 bits per heavy atom. The zero-order valence-electron chi connectivity index (χ0n) is 14.0. The first-order valence-electron chi connectivity index (χ1n) is 7.98. The molecule has 0 unspecified atom stereocenters. The van der Waals surface area contributed by atoms with Gasteiger partial charge in [-0.3, -0.25) is 4.99 Å². The average Bonchev–Trinajstić information content (AvgIpc) is 3.22. The summed E-state index contributed by atoms with van der Waals surface area (Å²) in [6, 6.07) is 5.96. The molecule has 1 aliphatic rings. The highest BCUT2D eigenvalue weighted by Crippen LogP contribution is 2.32. The molecule has 1 aliphatic heterocycles. The maximum Gasteiger partial charge on any atom is 0.231 e. The largest absolute Gasteiger partial charge is 0.454 e. The van der Waals surface area contributed by atoms with Crippen LogP contribution in [0.5, 0.6) is 11.5 Å². The molecule has 0 spiro atoms. The number of aromatic nitrogens is 1. The van der Waals surface area contributed by atoms with Crippen molar-refractivity contribution in [3.05, 3.63) is 39.8 Å². The number of nitrogens with zero attached hydrogens (tertiary/aromatic N) is 2. The standard InChI is InChI=1S/C17H22N4O2S/c1-12-10-24-16(21-12)4-3-7-19-17(18-2)20-9-13-5-6-14-15(8-13)23-11-22-14/h5-6,8,10H,3-4,7,9,11H2,1-2H3,(H2,18,19,20). The van der Waals surface area contributed by atoms with Crippen molar-refractivity contribution in [1.29, 1.82) is 0 Å². The van der Waals surface area contributed by atoms with E-state index >= 15 is 0 Å². The van der Waals surface area contributed by atoms with E-state index in [9.17, 15) is 0 Å². The number of nitrogens with one attached hydrogen (secondary N) is 2. The minimum absolute atomic E-state index is 0.300. The van der Waals surface area contributed by atoms with E-state index < -0.39 is 0 Å². The number of hydrogen-bond acceptors (Lipinski definition) is 5. The van der Waals surface area contributed by atoms with E-state index in [1.807, 2.05) is 25.1 Å². The Labute approximate surface area is 145 Å². The summed E-state index contributed by atoms with van der Waals surface area (Å²) in [5, 5.41) is 9.92. The van der Waals surface area contributed by atoms with Crippen LogP contribution in [0.2, 0.25) is 0 Å². The number of fused-ring (bicyclic) bond motifs is 1. The van der Waals surface area contributed by atoms with Crippen LogP contribution < -0.4 is 20.1 Å². The lowest BCUT2D eigenvalue weighted by molar-refractivity contribution is 0.174. The first-order chi connectivity index (χ1) is 11.7. The number of rotatable bonds is 6. The van der Waals surface area contributed by atoms with Gasteiger partial charge in [0.15, 0.2) is 17.5 Å². The van der Waals surface area contributed by atoms with Crippen molar-refractivity contribution in [2.75, 3.05) is 20.4 Å². The molecular formula is C17H22N4O2S. The summed E-state index contributed by atoms with van der Waals surface area (Å²) in [6.45, 7) is 3.87. The van der Waals surface area contributed by atoms with Crippen molar-refractivity contribution >= 4 is 17.3 Å². The van der Waals surface area contributed by atoms with E-state index in [2.05, 4.69) is 26.0 Å². The van der Waals surface area contributed by atoms with Gasteiger partial charge in [-0.05, 0) is 31.0 Å². The predicted molar refractivity (Wildman–Crippen MR) is 95.9 cm³/mol. The summed E-state index contributed by atoms with van der Waals surface area (Å²) in [5.41, 5.74) is 2.23. The first kappa shape index (κ1) is 16.6. The molecular weight excluding hydrogens is 324 g/mol. The van der Waals surface area contributed by atoms with Gasteiger partial charge in [0, 0.05) is 37.6 Å². The molecule has 0 radical (unpaired) electrons. The second-order valence-electron chi connectivity index (χ2n) is 5.53. The van der Waals surface area contributed by atoms with Crippen LogP contribution in [-0.2, 0) is 13.0 Å². The molecule has 128 valence electrons. The molecule has 0 amide bonds. The average molecular weight is 346 g/mol. The number of aliphatic imine (C=N–C) groups is 1. The van der Waals surface area contributed by atoms with Gasteiger partial charge in [-0.25, -0.2) is 4.98 Å². The third-order valence-electron chi connectivity index (χ3n) is 3.65. The normalized spacial score (nSPS) is 13.2. The van der Waals surface area contributed by atoms with Crippen LogP contribution in [0.4, 0.5) is 0 Å². The Morgan fingerprint density at radius 3 is 2.96 bits per heavy atom. The van der Waals surface area contributed by atoms with Crippen molar-refractivity contribution < 1.29 is 9.47 Å². The molecule has 0 saturated heterocycles. The molecule has 0 fully saturated rings. The van der Waals surface area contributed by atoms with Crippen LogP contribution in [0.3, 0.4) is 0 Å². The quantitative estimate of drug-likeness (QED) is 0.478. The molecule has 0 bridgehead atoms. The minimum atomic E-state index is 0.300. The number of ether oxygens (including phenoxy) is 2. The molecule has 24 heavy (non-hydrogen) atoms. The van der Waals surface area contributed by atoms with Crippen molar-refractivity contribution in [3.63, 3.8) is 0 Å². The fraction of sp³-hybridized carbons (Fsp3) is 0.412. The zero-order valence-corrected chi connectivity index (χ0v) is 14.8. The summed E-state index contributed by atoms with van der Waals surface area (Å²) in [5.74, 6) is 2.40. The maximum absolute atomic E-state index is 5.39. The number of benzene rings is 1. The van der Waals surface area contributed by atoms with Crippen LogP contribution in [0, 0.1) is 6.92 Å². The van der Waals surface area contributed by atoms with Crippen molar-refractivity contribution in [2.24, 2.45) is 4.99 Å². The van der Waals surface area contributed by atoms with E-state index in [0.29, 0.717) is 13.3 Å². The van der Waals surface area contributed by atoms with E-state index in [1.165, 1.54) is 5.01 Å². The molecule has 3 rings (SSSR count). The molecule has 7 heteroatoms. The Bertz CT molecular complexity index is 714. The van der Waals surface area contributed by atoms with Gasteiger partial charge in [0.05, 0.1) is 5.01 Å². The Morgan fingerprint density at radius 2 is 2.17 bits per heavy atom. The highest BCUT2D eigenvalue weighted by atomic mass is 32.1. The van der Waals surface area contributed by atoms with Crippen LogP contribution in [0.25, 0.3) is 0 Å². The molecule has 0 atom stereocenters. The Balaban J connectivity index is 1.40. The molecule has 1 aromatic heterocycles. The molecule has 0 saturated carbocycles. The van der Waals surface area contributed by atoms with E-state index in [1.54, 1.807) is 18.4 Å². The molecule has 0 aliphatic carbocycles. The highest BCUT2D eigenvalue weighted by Gasteiger charge is 2.13. The summed E-state index contributed by atoms with van der Waals surface area (Å²) in [6.07, 6.45) is 2.02. The smallest absolute Gasteiger partial charge is 0.231 e. The van der Waals surface area contributed by atoms with E-state index in [4.69, 9.17) is 9.47 Å². The molecule has 2 N–H and O–H groups in total. The molecule has 1 aromatic carbocycles. The van der Waals surface area contributed by atoms with Crippen LogP contribution in [-0.4, -0.2) is 31.3 Å². The number of hydrogen-bond donors (Lipinski definition) is 2. The fourth-order valence-corrected chi connectivity index (χ4v) is 3.24. The van der Waals surface area contributed by atoms with Gasteiger partial charge < -0.3 is 20.1 Å². The van der Waals surface area contributed by atoms with Gasteiger partial charge in [-0.2, -0.15) is 0 Å². The topological polar surface area (TPSA) is 67.8 Å².